The van der Waals surface area contributed by atoms with Gasteiger partial charge >= 0.3 is 0 Å². The number of hydrogen-bond acceptors (Lipinski definition) is 2. The monoisotopic (exact) mass is 167 g/mol. The van der Waals surface area contributed by atoms with Gasteiger partial charge in [-0.05, 0) is 39.1 Å². The first kappa shape index (κ1) is 9.33. The molecule has 1 heterocycles. The summed E-state index contributed by atoms with van der Waals surface area (Å²) in [6.07, 6.45) is 1.19. The Hall–Kier alpha value is -0.760. The molecule has 0 saturated carbocycles. The highest BCUT2D eigenvalue weighted by Crippen LogP contribution is 2.08. The lowest BCUT2D eigenvalue weighted by atomic mass is 10.4. The molecule has 0 aliphatic heterocycles. The molecule has 12 heavy (non-hydrogen) atoms. The van der Waals surface area contributed by atoms with Gasteiger partial charge in [0.25, 0.3) is 0 Å². The zero-order chi connectivity index (χ0) is 8.97. The quantitative estimate of drug-likeness (QED) is 0.684. The number of hydrogen-bond donors (Lipinski definition) is 0. The van der Waals surface area contributed by atoms with Crippen LogP contribution in [0.25, 0.3) is 0 Å². The minimum Gasteiger partial charge on any atom is -0.465 e. The third-order valence-electron chi connectivity index (χ3n) is 1.83. The smallest absolute Gasteiger partial charge is 0.118 e. The molecule has 68 valence electrons. The molecule has 0 aliphatic carbocycles. The van der Waals surface area contributed by atoms with Crippen LogP contribution in [0.5, 0.6) is 0 Å². The van der Waals surface area contributed by atoms with E-state index in [4.69, 9.17) is 4.42 Å². The maximum atomic E-state index is 5.46. The predicted octanol–water partition coefficient (Wildman–Crippen LogP) is 2.43. The van der Waals surface area contributed by atoms with E-state index in [0.29, 0.717) is 0 Å². The van der Waals surface area contributed by atoms with Gasteiger partial charge in [0, 0.05) is 0 Å². The van der Waals surface area contributed by atoms with Gasteiger partial charge in [-0.25, -0.2) is 0 Å². The molecule has 0 atom stereocenters. The van der Waals surface area contributed by atoms with Crippen LogP contribution < -0.4 is 0 Å². The zero-order valence-corrected chi connectivity index (χ0v) is 8.13. The highest BCUT2D eigenvalue weighted by Gasteiger charge is 2.01. The van der Waals surface area contributed by atoms with Crippen LogP contribution in [0.2, 0.25) is 0 Å². The minimum absolute atomic E-state index is 0.918. The van der Waals surface area contributed by atoms with E-state index in [9.17, 15) is 0 Å². The fraction of sp³-hybridized carbons (Fsp3) is 0.600. The summed E-state index contributed by atoms with van der Waals surface area (Å²) >= 11 is 0. The first-order valence-corrected chi connectivity index (χ1v) is 4.46. The van der Waals surface area contributed by atoms with Crippen molar-refractivity contribution < 1.29 is 4.42 Å². The summed E-state index contributed by atoms with van der Waals surface area (Å²) in [6.45, 7) is 6.20. The number of furan rings is 1. The van der Waals surface area contributed by atoms with E-state index in [1.54, 1.807) is 0 Å². The number of rotatable bonds is 4. The fourth-order valence-electron chi connectivity index (χ4n) is 1.30. The average Bonchev–Trinajstić information content (AvgIpc) is 2.36. The molecule has 0 aromatic carbocycles. The lowest BCUT2D eigenvalue weighted by Crippen LogP contribution is -2.17. The minimum atomic E-state index is 0.918. The Morgan fingerprint density at radius 2 is 2.17 bits per heavy atom. The van der Waals surface area contributed by atoms with E-state index in [-0.39, 0.29) is 0 Å². The van der Waals surface area contributed by atoms with Gasteiger partial charge in [0.15, 0.2) is 0 Å². The van der Waals surface area contributed by atoms with Crippen LogP contribution in [-0.2, 0) is 6.54 Å². The molecule has 0 N–H and O–H groups in total. The van der Waals surface area contributed by atoms with E-state index in [1.807, 2.05) is 19.1 Å². The van der Waals surface area contributed by atoms with E-state index >= 15 is 0 Å². The summed E-state index contributed by atoms with van der Waals surface area (Å²) in [5.74, 6) is 2.05. The Balaban J connectivity index is 2.41. The van der Waals surface area contributed by atoms with Crippen LogP contribution in [-0.4, -0.2) is 18.5 Å². The van der Waals surface area contributed by atoms with Gasteiger partial charge in [-0.1, -0.05) is 6.92 Å². The summed E-state index contributed by atoms with van der Waals surface area (Å²) in [4.78, 5) is 2.26. The molecule has 1 aromatic heterocycles. The van der Waals surface area contributed by atoms with Crippen molar-refractivity contribution in [2.75, 3.05) is 13.6 Å². The summed E-state index contributed by atoms with van der Waals surface area (Å²) in [5.41, 5.74) is 0. The second-order valence-electron chi connectivity index (χ2n) is 3.25. The van der Waals surface area contributed by atoms with Crippen molar-refractivity contribution in [3.05, 3.63) is 23.7 Å². The molecule has 0 amide bonds. The molecular formula is C10H17NO. The highest BCUT2D eigenvalue weighted by molar-refractivity contribution is 5.05. The lowest BCUT2D eigenvalue weighted by Gasteiger charge is -2.12. The standard InChI is InChI=1S/C10H17NO/c1-4-7-11(3)8-10-6-5-9(2)12-10/h5-6H,4,7-8H2,1-3H3. The molecule has 0 bridgehead atoms. The average molecular weight is 167 g/mol. The lowest BCUT2D eigenvalue weighted by molar-refractivity contribution is 0.293. The molecule has 2 nitrogen and oxygen atoms in total. The van der Waals surface area contributed by atoms with Crippen LogP contribution in [0.3, 0.4) is 0 Å². The summed E-state index contributed by atoms with van der Waals surface area (Å²) in [5, 5.41) is 0. The zero-order valence-electron chi connectivity index (χ0n) is 8.13. The van der Waals surface area contributed by atoms with Crippen molar-refractivity contribution >= 4 is 0 Å². The second kappa shape index (κ2) is 4.31. The Bertz CT molecular complexity index is 229. The first-order chi connectivity index (χ1) is 5.72. The highest BCUT2D eigenvalue weighted by atomic mass is 16.3. The third-order valence-corrected chi connectivity index (χ3v) is 1.83. The molecule has 0 fully saturated rings. The molecule has 1 aromatic rings. The van der Waals surface area contributed by atoms with E-state index in [1.165, 1.54) is 6.42 Å². The van der Waals surface area contributed by atoms with E-state index in [2.05, 4.69) is 18.9 Å². The Kier molecular flexibility index (Phi) is 3.35. The van der Waals surface area contributed by atoms with Crippen LogP contribution in [0.1, 0.15) is 24.9 Å². The SMILES string of the molecule is CCCN(C)Cc1ccc(C)o1. The van der Waals surface area contributed by atoms with Gasteiger partial charge in [0.05, 0.1) is 6.54 Å². The van der Waals surface area contributed by atoms with Gasteiger partial charge in [-0.15, -0.1) is 0 Å². The Labute approximate surface area is 74.2 Å². The van der Waals surface area contributed by atoms with E-state index < -0.39 is 0 Å². The predicted molar refractivity (Wildman–Crippen MR) is 50.1 cm³/mol. The van der Waals surface area contributed by atoms with Crippen molar-refractivity contribution in [3.8, 4) is 0 Å². The van der Waals surface area contributed by atoms with Crippen molar-refractivity contribution in [1.29, 1.82) is 0 Å². The summed E-state index contributed by atoms with van der Waals surface area (Å²) in [7, 11) is 2.11. The molecule has 0 spiro atoms. The number of nitrogens with zero attached hydrogens (tertiary/aromatic N) is 1. The van der Waals surface area contributed by atoms with Crippen molar-refractivity contribution in [3.63, 3.8) is 0 Å². The molecule has 0 unspecified atom stereocenters. The maximum absolute atomic E-state index is 5.46. The molecule has 1 rings (SSSR count). The largest absolute Gasteiger partial charge is 0.465 e. The van der Waals surface area contributed by atoms with Crippen LogP contribution in [0, 0.1) is 6.92 Å². The summed E-state index contributed by atoms with van der Waals surface area (Å²) < 4.78 is 5.46. The first-order valence-electron chi connectivity index (χ1n) is 4.46. The maximum Gasteiger partial charge on any atom is 0.118 e. The molecule has 0 radical (unpaired) electrons. The molecular weight excluding hydrogens is 150 g/mol. The molecule has 0 saturated heterocycles. The van der Waals surface area contributed by atoms with Crippen molar-refractivity contribution in [2.24, 2.45) is 0 Å². The third kappa shape index (κ3) is 2.70. The van der Waals surface area contributed by atoms with Crippen LogP contribution >= 0.6 is 0 Å². The van der Waals surface area contributed by atoms with Gasteiger partial charge < -0.3 is 4.42 Å². The number of aryl methyl sites for hydroxylation is 1. The van der Waals surface area contributed by atoms with Gasteiger partial charge in [-0.2, -0.15) is 0 Å². The molecule has 0 aliphatic rings. The fourth-order valence-corrected chi connectivity index (χ4v) is 1.30. The van der Waals surface area contributed by atoms with Crippen LogP contribution in [0.4, 0.5) is 0 Å². The van der Waals surface area contributed by atoms with Crippen molar-refractivity contribution in [2.45, 2.75) is 26.8 Å². The van der Waals surface area contributed by atoms with Crippen molar-refractivity contribution in [1.82, 2.24) is 4.90 Å². The van der Waals surface area contributed by atoms with Gasteiger partial charge in [0.1, 0.15) is 11.5 Å². The van der Waals surface area contributed by atoms with E-state index in [0.717, 1.165) is 24.6 Å². The van der Waals surface area contributed by atoms with Crippen LogP contribution in [0.15, 0.2) is 16.5 Å². The van der Waals surface area contributed by atoms with Gasteiger partial charge in [0.2, 0.25) is 0 Å². The second-order valence-corrected chi connectivity index (χ2v) is 3.25. The normalized spacial score (nSPS) is 11.0. The molecule has 2 heteroatoms. The summed E-state index contributed by atoms with van der Waals surface area (Å²) in [6, 6.07) is 4.05. The topological polar surface area (TPSA) is 16.4 Å². The Morgan fingerprint density at radius 3 is 2.67 bits per heavy atom. The van der Waals surface area contributed by atoms with Gasteiger partial charge in [-0.3, -0.25) is 4.90 Å². The Morgan fingerprint density at radius 1 is 1.42 bits per heavy atom.